The molecule has 1 unspecified atom stereocenters. The van der Waals surface area contributed by atoms with Gasteiger partial charge in [-0.25, -0.2) is 0 Å². The van der Waals surface area contributed by atoms with Crippen LogP contribution in [0.2, 0.25) is 0 Å². The molecule has 1 amide bonds. The summed E-state index contributed by atoms with van der Waals surface area (Å²) in [6.07, 6.45) is 7.16. The fraction of sp³-hybridized carbons (Fsp3) is 0.611. The first-order valence-corrected chi connectivity index (χ1v) is 8.60. The van der Waals surface area contributed by atoms with Gasteiger partial charge in [-0.15, -0.1) is 0 Å². The molecular weight excluding hydrogens is 290 g/mol. The summed E-state index contributed by atoms with van der Waals surface area (Å²) in [5, 5.41) is 6.17. The predicted molar refractivity (Wildman–Crippen MR) is 93.7 cm³/mol. The van der Waals surface area contributed by atoms with Crippen molar-refractivity contribution in [3.63, 3.8) is 0 Å². The Bertz CT molecular complexity index is 470. The Morgan fingerprint density at radius 1 is 1.22 bits per heavy atom. The summed E-state index contributed by atoms with van der Waals surface area (Å²) in [7, 11) is 1.65. The van der Waals surface area contributed by atoms with Gasteiger partial charge in [0, 0.05) is 18.8 Å². The zero-order chi connectivity index (χ0) is 16.5. The molecule has 5 heteroatoms. The van der Waals surface area contributed by atoms with Gasteiger partial charge in [-0.2, -0.15) is 0 Å². The number of nitrogens with one attached hydrogen (secondary N) is 2. The molecule has 0 saturated heterocycles. The number of methoxy groups -OCH3 is 1. The number of anilines is 1. The molecule has 0 heterocycles. The molecule has 0 aliphatic heterocycles. The van der Waals surface area contributed by atoms with Crippen LogP contribution in [0.4, 0.5) is 5.69 Å². The zero-order valence-electron chi connectivity index (χ0n) is 14.0. The van der Waals surface area contributed by atoms with Crippen molar-refractivity contribution in [1.82, 2.24) is 5.32 Å². The van der Waals surface area contributed by atoms with Gasteiger partial charge in [-0.05, 0) is 36.6 Å². The third kappa shape index (κ3) is 6.10. The number of amides is 1. The molecule has 0 spiro atoms. The molecule has 1 aliphatic carbocycles. The average molecular weight is 319 g/mol. The molecule has 1 saturated carbocycles. The Morgan fingerprint density at radius 2 is 1.91 bits per heavy atom. The number of benzene rings is 1. The van der Waals surface area contributed by atoms with Gasteiger partial charge in [0.1, 0.15) is 5.75 Å². The molecule has 128 valence electrons. The molecule has 4 N–H and O–H groups in total. The van der Waals surface area contributed by atoms with Crippen molar-refractivity contribution >= 4 is 11.6 Å². The first-order valence-electron chi connectivity index (χ1n) is 8.60. The standard InChI is InChI=1S/C18H29N3O2/c1-23-16-9-7-15(8-10-16)20-11-12-21-18(22)17(19)13-14-5-3-2-4-6-14/h7-10,14,17,20H,2-6,11-13,19H2,1H3,(H,21,22). The molecule has 5 nitrogen and oxygen atoms in total. The topological polar surface area (TPSA) is 76.4 Å². The maximum absolute atomic E-state index is 12.0. The van der Waals surface area contributed by atoms with Crippen LogP contribution in [0.3, 0.4) is 0 Å². The lowest BCUT2D eigenvalue weighted by molar-refractivity contribution is -0.122. The summed E-state index contributed by atoms with van der Waals surface area (Å²) in [6.45, 7) is 1.25. The van der Waals surface area contributed by atoms with E-state index in [1.54, 1.807) is 7.11 Å². The van der Waals surface area contributed by atoms with Crippen LogP contribution >= 0.6 is 0 Å². The van der Waals surface area contributed by atoms with Crippen molar-refractivity contribution in [3.8, 4) is 5.75 Å². The molecule has 0 radical (unpaired) electrons. The third-order valence-corrected chi connectivity index (χ3v) is 4.49. The number of carbonyl (C=O) groups is 1. The second-order valence-corrected chi connectivity index (χ2v) is 6.29. The van der Waals surface area contributed by atoms with Crippen molar-refractivity contribution in [3.05, 3.63) is 24.3 Å². The van der Waals surface area contributed by atoms with Crippen LogP contribution in [-0.4, -0.2) is 32.1 Å². The minimum absolute atomic E-state index is 0.0351. The first-order chi connectivity index (χ1) is 11.2. The highest BCUT2D eigenvalue weighted by molar-refractivity contribution is 5.81. The number of carbonyl (C=O) groups excluding carboxylic acids is 1. The molecule has 1 aromatic carbocycles. The van der Waals surface area contributed by atoms with E-state index >= 15 is 0 Å². The summed E-state index contributed by atoms with van der Waals surface area (Å²) in [6, 6.07) is 7.34. The maximum atomic E-state index is 12.0. The average Bonchev–Trinajstić information content (AvgIpc) is 2.60. The molecule has 1 aliphatic rings. The van der Waals surface area contributed by atoms with Crippen LogP contribution in [0, 0.1) is 5.92 Å². The van der Waals surface area contributed by atoms with Crippen LogP contribution in [0.25, 0.3) is 0 Å². The predicted octanol–water partition coefficient (Wildman–Crippen LogP) is 2.52. The van der Waals surface area contributed by atoms with E-state index in [1.165, 1.54) is 32.1 Å². The SMILES string of the molecule is COc1ccc(NCCNC(=O)C(N)CC2CCCCC2)cc1. The molecule has 0 bridgehead atoms. The molecule has 2 rings (SSSR count). The van der Waals surface area contributed by atoms with Gasteiger partial charge in [0.05, 0.1) is 13.2 Å². The lowest BCUT2D eigenvalue weighted by Gasteiger charge is -2.24. The second kappa shape index (κ2) is 9.40. The normalized spacial score (nSPS) is 16.6. The molecule has 1 aromatic rings. The Kier molecular flexibility index (Phi) is 7.20. The summed E-state index contributed by atoms with van der Waals surface area (Å²) in [5.74, 6) is 1.42. The minimum Gasteiger partial charge on any atom is -0.497 e. The van der Waals surface area contributed by atoms with E-state index in [9.17, 15) is 4.79 Å². The number of hydrogen-bond donors (Lipinski definition) is 3. The lowest BCUT2D eigenvalue weighted by Crippen LogP contribution is -2.43. The van der Waals surface area contributed by atoms with E-state index < -0.39 is 0 Å². The van der Waals surface area contributed by atoms with Gasteiger partial charge < -0.3 is 21.1 Å². The Labute approximate surface area is 139 Å². The van der Waals surface area contributed by atoms with E-state index in [0.29, 0.717) is 19.0 Å². The number of rotatable bonds is 8. The van der Waals surface area contributed by atoms with Crippen molar-refractivity contribution in [2.75, 3.05) is 25.5 Å². The van der Waals surface area contributed by atoms with E-state index in [1.807, 2.05) is 24.3 Å². The summed E-state index contributed by atoms with van der Waals surface area (Å²) in [4.78, 5) is 12.0. The fourth-order valence-corrected chi connectivity index (χ4v) is 3.12. The maximum Gasteiger partial charge on any atom is 0.236 e. The van der Waals surface area contributed by atoms with Crippen molar-refractivity contribution < 1.29 is 9.53 Å². The molecular formula is C18H29N3O2. The molecule has 1 atom stereocenters. The van der Waals surface area contributed by atoms with Crippen molar-refractivity contribution in [2.45, 2.75) is 44.6 Å². The van der Waals surface area contributed by atoms with Gasteiger partial charge in [-0.3, -0.25) is 4.79 Å². The van der Waals surface area contributed by atoms with Crippen molar-refractivity contribution in [2.24, 2.45) is 11.7 Å². The zero-order valence-corrected chi connectivity index (χ0v) is 14.0. The first kappa shape index (κ1) is 17.6. The quantitative estimate of drug-likeness (QED) is 0.644. The second-order valence-electron chi connectivity index (χ2n) is 6.29. The molecule has 23 heavy (non-hydrogen) atoms. The number of nitrogens with two attached hydrogens (primary N) is 1. The largest absolute Gasteiger partial charge is 0.497 e. The van der Waals surface area contributed by atoms with Crippen LogP contribution in [0.5, 0.6) is 5.75 Å². The minimum atomic E-state index is -0.376. The van der Waals surface area contributed by atoms with Crippen LogP contribution in [-0.2, 0) is 4.79 Å². The highest BCUT2D eigenvalue weighted by atomic mass is 16.5. The highest BCUT2D eigenvalue weighted by Crippen LogP contribution is 2.26. The fourth-order valence-electron chi connectivity index (χ4n) is 3.12. The van der Waals surface area contributed by atoms with Crippen LogP contribution < -0.4 is 21.1 Å². The molecule has 1 fully saturated rings. The molecule has 0 aromatic heterocycles. The van der Waals surface area contributed by atoms with Gasteiger partial charge in [0.25, 0.3) is 0 Å². The van der Waals surface area contributed by atoms with E-state index in [4.69, 9.17) is 10.5 Å². The number of hydrogen-bond acceptors (Lipinski definition) is 4. The van der Waals surface area contributed by atoms with E-state index in [-0.39, 0.29) is 11.9 Å². The summed E-state index contributed by atoms with van der Waals surface area (Å²) >= 11 is 0. The van der Waals surface area contributed by atoms with E-state index in [0.717, 1.165) is 17.9 Å². The summed E-state index contributed by atoms with van der Waals surface area (Å²) < 4.78 is 5.12. The van der Waals surface area contributed by atoms with Crippen molar-refractivity contribution in [1.29, 1.82) is 0 Å². The number of ether oxygens (including phenoxy) is 1. The van der Waals surface area contributed by atoms with E-state index in [2.05, 4.69) is 10.6 Å². The summed E-state index contributed by atoms with van der Waals surface area (Å²) in [5.41, 5.74) is 7.03. The van der Waals surface area contributed by atoms with Gasteiger partial charge in [0.2, 0.25) is 5.91 Å². The lowest BCUT2D eigenvalue weighted by atomic mass is 9.85. The van der Waals surface area contributed by atoms with Gasteiger partial charge >= 0.3 is 0 Å². The van der Waals surface area contributed by atoms with Crippen LogP contribution in [0.1, 0.15) is 38.5 Å². The Hall–Kier alpha value is -1.75. The Balaban J connectivity index is 1.61. The monoisotopic (exact) mass is 319 g/mol. The highest BCUT2D eigenvalue weighted by Gasteiger charge is 2.20. The Morgan fingerprint density at radius 3 is 2.57 bits per heavy atom. The van der Waals surface area contributed by atoms with Gasteiger partial charge in [0.15, 0.2) is 0 Å². The van der Waals surface area contributed by atoms with Gasteiger partial charge in [-0.1, -0.05) is 32.1 Å². The third-order valence-electron chi connectivity index (χ3n) is 4.49. The smallest absolute Gasteiger partial charge is 0.236 e. The van der Waals surface area contributed by atoms with Crippen LogP contribution in [0.15, 0.2) is 24.3 Å².